The summed E-state index contributed by atoms with van der Waals surface area (Å²) in [5.74, 6) is -0.582. The Morgan fingerprint density at radius 3 is 2.77 bits per heavy atom. The highest BCUT2D eigenvalue weighted by Gasteiger charge is 2.21. The number of allylic oxidation sites excluding steroid dienone is 5. The Bertz CT molecular complexity index is 734. The minimum Gasteiger partial charge on any atom is -0.289 e. The first-order chi connectivity index (χ1) is 10.5. The molecule has 1 aliphatic rings. The molecule has 1 aromatic carbocycles. The zero-order valence-electron chi connectivity index (χ0n) is 13.1. The molecule has 22 heavy (non-hydrogen) atoms. The number of nitrogens with zero attached hydrogens (tertiary/aromatic N) is 1. The van der Waals surface area contributed by atoms with Crippen molar-refractivity contribution in [3.8, 4) is 0 Å². The van der Waals surface area contributed by atoms with Crippen molar-refractivity contribution in [3.05, 3.63) is 64.8 Å². The number of aliphatic imine (C=N–C) groups is 1. The van der Waals surface area contributed by atoms with Gasteiger partial charge in [-0.25, -0.2) is 0 Å². The molecule has 0 heterocycles. The lowest BCUT2D eigenvalue weighted by atomic mass is 10.00. The maximum absolute atomic E-state index is 12.3. The van der Waals surface area contributed by atoms with Crippen molar-refractivity contribution in [2.45, 2.75) is 20.3 Å². The van der Waals surface area contributed by atoms with Gasteiger partial charge in [0.1, 0.15) is 0 Å². The van der Waals surface area contributed by atoms with E-state index in [1.54, 1.807) is 25.3 Å². The molecule has 1 aliphatic carbocycles. The molecule has 0 saturated carbocycles. The van der Waals surface area contributed by atoms with E-state index in [1.807, 2.05) is 38.1 Å². The number of Topliss-reactive ketones (excluding diaryl/α,β-unsaturated/α-hetero) is 1. The summed E-state index contributed by atoms with van der Waals surface area (Å²) in [7, 11) is 1.57. The fourth-order valence-corrected chi connectivity index (χ4v) is 2.25. The monoisotopic (exact) mass is 293 g/mol. The van der Waals surface area contributed by atoms with Crippen LogP contribution in [0.15, 0.2) is 53.1 Å². The third kappa shape index (κ3) is 3.55. The van der Waals surface area contributed by atoms with Crippen LogP contribution in [0.1, 0.15) is 23.1 Å². The zero-order chi connectivity index (χ0) is 16.1. The van der Waals surface area contributed by atoms with Crippen LogP contribution in [0.25, 0.3) is 6.08 Å². The third-order valence-electron chi connectivity index (χ3n) is 3.60. The van der Waals surface area contributed by atoms with Crippen molar-refractivity contribution in [1.82, 2.24) is 0 Å². The molecule has 0 N–H and O–H groups in total. The number of rotatable bonds is 3. The Kier molecular flexibility index (Phi) is 4.99. The maximum atomic E-state index is 12.3. The molecular formula is C19H19NO2. The van der Waals surface area contributed by atoms with Gasteiger partial charge in [-0.15, -0.1) is 0 Å². The van der Waals surface area contributed by atoms with Crippen LogP contribution in [-0.2, 0) is 9.59 Å². The standard InChI is InChI=1S/C19H19NO2/c1-13-8-9-14(2)15(12-13)10-11-18(21)16-6-4-5-7-17(20-3)19(16)22/h4-6,8-12H,7H2,1-3H3/b11-10+,20-17?. The van der Waals surface area contributed by atoms with Crippen LogP contribution in [-0.4, -0.2) is 24.3 Å². The Balaban J connectivity index is 2.26. The Morgan fingerprint density at radius 1 is 1.27 bits per heavy atom. The summed E-state index contributed by atoms with van der Waals surface area (Å²) in [6.07, 6.45) is 8.80. The Labute approximate surface area is 130 Å². The second kappa shape index (κ2) is 6.94. The van der Waals surface area contributed by atoms with Gasteiger partial charge >= 0.3 is 0 Å². The lowest BCUT2D eigenvalue weighted by Gasteiger charge is -2.03. The summed E-state index contributed by atoms with van der Waals surface area (Å²) < 4.78 is 0. The second-order valence-corrected chi connectivity index (χ2v) is 5.27. The first-order valence-corrected chi connectivity index (χ1v) is 7.19. The molecular weight excluding hydrogens is 274 g/mol. The molecule has 0 spiro atoms. The van der Waals surface area contributed by atoms with Crippen molar-refractivity contribution in [1.29, 1.82) is 0 Å². The first kappa shape index (κ1) is 15.8. The number of carbonyl (C=O) groups is 2. The fourth-order valence-electron chi connectivity index (χ4n) is 2.25. The van der Waals surface area contributed by atoms with Crippen LogP contribution in [0, 0.1) is 13.8 Å². The van der Waals surface area contributed by atoms with Crippen molar-refractivity contribution >= 4 is 23.4 Å². The van der Waals surface area contributed by atoms with E-state index in [2.05, 4.69) is 4.99 Å². The molecule has 0 saturated heterocycles. The molecule has 0 fully saturated rings. The van der Waals surface area contributed by atoms with E-state index in [1.165, 1.54) is 6.08 Å². The summed E-state index contributed by atoms with van der Waals surface area (Å²) in [6, 6.07) is 6.06. The van der Waals surface area contributed by atoms with Crippen molar-refractivity contribution in [2.75, 3.05) is 7.05 Å². The van der Waals surface area contributed by atoms with Crippen LogP contribution in [0.2, 0.25) is 0 Å². The van der Waals surface area contributed by atoms with E-state index < -0.39 is 0 Å². The Morgan fingerprint density at radius 2 is 2.05 bits per heavy atom. The molecule has 112 valence electrons. The summed E-state index contributed by atoms with van der Waals surface area (Å²) >= 11 is 0. The van der Waals surface area contributed by atoms with E-state index in [-0.39, 0.29) is 17.1 Å². The predicted octanol–water partition coefficient (Wildman–Crippen LogP) is 3.41. The lowest BCUT2D eigenvalue weighted by molar-refractivity contribution is -0.116. The molecule has 0 amide bonds. The van der Waals surface area contributed by atoms with Gasteiger partial charge in [0, 0.05) is 13.5 Å². The SMILES string of the molecule is CN=C1CC=CC=C(C(=O)/C=C/c2cc(C)ccc2C)C1=O. The van der Waals surface area contributed by atoms with Crippen molar-refractivity contribution in [3.63, 3.8) is 0 Å². The number of aryl methyl sites for hydroxylation is 2. The minimum atomic E-state index is -0.293. The number of carbonyl (C=O) groups excluding carboxylic acids is 2. The summed E-state index contributed by atoms with van der Waals surface area (Å²) in [5, 5.41) is 0. The van der Waals surface area contributed by atoms with Gasteiger partial charge in [-0.2, -0.15) is 0 Å². The molecule has 2 rings (SSSR count). The maximum Gasteiger partial charge on any atom is 0.210 e. The molecule has 1 aromatic rings. The molecule has 0 radical (unpaired) electrons. The smallest absolute Gasteiger partial charge is 0.210 e. The van der Waals surface area contributed by atoms with E-state index in [4.69, 9.17) is 0 Å². The predicted molar refractivity (Wildman–Crippen MR) is 90.2 cm³/mol. The molecule has 0 atom stereocenters. The van der Waals surface area contributed by atoms with Crippen molar-refractivity contribution in [2.24, 2.45) is 4.99 Å². The highest BCUT2D eigenvalue weighted by molar-refractivity contribution is 6.52. The molecule has 0 unspecified atom stereocenters. The summed E-state index contributed by atoms with van der Waals surface area (Å²) in [6.45, 7) is 4.00. The summed E-state index contributed by atoms with van der Waals surface area (Å²) in [4.78, 5) is 28.5. The van der Waals surface area contributed by atoms with Gasteiger partial charge in [0.15, 0.2) is 5.78 Å². The number of hydrogen-bond donors (Lipinski definition) is 0. The molecule has 0 bridgehead atoms. The van der Waals surface area contributed by atoms with E-state index in [0.29, 0.717) is 12.1 Å². The zero-order valence-corrected chi connectivity index (χ0v) is 13.1. The van der Waals surface area contributed by atoms with E-state index in [9.17, 15) is 9.59 Å². The van der Waals surface area contributed by atoms with Gasteiger partial charge in [-0.1, -0.05) is 42.0 Å². The molecule has 0 aromatic heterocycles. The van der Waals surface area contributed by atoms with Gasteiger partial charge in [0.2, 0.25) is 5.78 Å². The third-order valence-corrected chi connectivity index (χ3v) is 3.60. The number of ketones is 2. The Hall–Kier alpha value is -2.55. The van der Waals surface area contributed by atoms with Crippen LogP contribution in [0.4, 0.5) is 0 Å². The van der Waals surface area contributed by atoms with Gasteiger partial charge in [-0.05, 0) is 37.1 Å². The average molecular weight is 293 g/mol. The van der Waals surface area contributed by atoms with Gasteiger partial charge in [0.25, 0.3) is 0 Å². The van der Waals surface area contributed by atoms with Crippen LogP contribution >= 0.6 is 0 Å². The van der Waals surface area contributed by atoms with Crippen molar-refractivity contribution < 1.29 is 9.59 Å². The minimum absolute atomic E-state index is 0.163. The van der Waals surface area contributed by atoms with Gasteiger partial charge in [-0.3, -0.25) is 14.6 Å². The second-order valence-electron chi connectivity index (χ2n) is 5.27. The van der Waals surface area contributed by atoms with E-state index in [0.717, 1.165) is 16.7 Å². The molecule has 3 nitrogen and oxygen atoms in total. The highest BCUT2D eigenvalue weighted by atomic mass is 16.1. The normalized spacial score (nSPS) is 17.0. The molecule has 0 aliphatic heterocycles. The van der Waals surface area contributed by atoms with E-state index >= 15 is 0 Å². The van der Waals surface area contributed by atoms with Crippen LogP contribution < -0.4 is 0 Å². The van der Waals surface area contributed by atoms with Crippen LogP contribution in [0.3, 0.4) is 0 Å². The number of hydrogen-bond acceptors (Lipinski definition) is 3. The molecule has 3 heteroatoms. The van der Waals surface area contributed by atoms with Gasteiger partial charge < -0.3 is 0 Å². The summed E-state index contributed by atoms with van der Waals surface area (Å²) in [5.41, 5.74) is 3.77. The quantitative estimate of drug-likeness (QED) is 0.633. The topological polar surface area (TPSA) is 46.5 Å². The van der Waals surface area contributed by atoms with Gasteiger partial charge in [0.05, 0.1) is 11.3 Å². The highest BCUT2D eigenvalue weighted by Crippen LogP contribution is 2.14. The fraction of sp³-hybridized carbons (Fsp3) is 0.211. The largest absolute Gasteiger partial charge is 0.289 e. The first-order valence-electron chi connectivity index (χ1n) is 7.19. The lowest BCUT2D eigenvalue weighted by Crippen LogP contribution is -2.19. The average Bonchev–Trinajstić information content (AvgIpc) is 2.69. The van der Waals surface area contributed by atoms with Crippen LogP contribution in [0.5, 0.6) is 0 Å². The number of benzene rings is 1.